The van der Waals surface area contributed by atoms with Crippen LogP contribution in [0.25, 0.3) is 10.9 Å². The molecule has 0 aliphatic heterocycles. The monoisotopic (exact) mass is 214 g/mol. The van der Waals surface area contributed by atoms with E-state index in [9.17, 15) is 0 Å². The first kappa shape index (κ1) is 11.1. The summed E-state index contributed by atoms with van der Waals surface area (Å²) in [6, 6.07) is 12.5. The lowest BCUT2D eigenvalue weighted by Gasteiger charge is -2.02. The van der Waals surface area contributed by atoms with Crippen molar-refractivity contribution >= 4 is 10.9 Å². The van der Waals surface area contributed by atoms with E-state index in [1.165, 1.54) is 23.9 Å². The summed E-state index contributed by atoms with van der Waals surface area (Å²) in [6.07, 6.45) is 4.56. The number of pyridine rings is 1. The molecule has 0 saturated heterocycles. The van der Waals surface area contributed by atoms with E-state index in [0.717, 1.165) is 24.9 Å². The number of fused-ring (bicyclic) bond motifs is 1. The number of rotatable bonds is 5. The lowest BCUT2D eigenvalue weighted by molar-refractivity contribution is 0.680. The third kappa shape index (κ3) is 2.80. The Kier molecular flexibility index (Phi) is 3.89. The van der Waals surface area contributed by atoms with Gasteiger partial charge in [-0.3, -0.25) is 4.98 Å². The summed E-state index contributed by atoms with van der Waals surface area (Å²) in [5.74, 6) is 0. The van der Waals surface area contributed by atoms with Crippen molar-refractivity contribution in [3.63, 3.8) is 0 Å². The molecule has 0 spiro atoms. The van der Waals surface area contributed by atoms with E-state index in [0.29, 0.717) is 0 Å². The van der Waals surface area contributed by atoms with Gasteiger partial charge in [0.05, 0.1) is 5.52 Å². The number of nitrogens with two attached hydrogens (primary N) is 1. The van der Waals surface area contributed by atoms with Crippen molar-refractivity contribution in [1.82, 2.24) is 4.98 Å². The van der Waals surface area contributed by atoms with E-state index in [1.54, 1.807) is 0 Å². The predicted molar refractivity (Wildman–Crippen MR) is 68.4 cm³/mol. The second-order valence-electron chi connectivity index (χ2n) is 4.09. The van der Waals surface area contributed by atoms with Gasteiger partial charge in [-0.25, -0.2) is 0 Å². The van der Waals surface area contributed by atoms with Crippen LogP contribution in [0, 0.1) is 0 Å². The Morgan fingerprint density at radius 1 is 0.938 bits per heavy atom. The number of hydrogen-bond donors (Lipinski definition) is 1. The Labute approximate surface area is 96.5 Å². The molecule has 2 nitrogen and oxygen atoms in total. The van der Waals surface area contributed by atoms with Gasteiger partial charge in [-0.05, 0) is 37.9 Å². The molecule has 16 heavy (non-hydrogen) atoms. The first-order chi connectivity index (χ1) is 7.90. The van der Waals surface area contributed by atoms with Crippen molar-refractivity contribution in [3.8, 4) is 0 Å². The van der Waals surface area contributed by atoms with E-state index in [1.807, 2.05) is 12.1 Å². The van der Waals surface area contributed by atoms with E-state index < -0.39 is 0 Å². The zero-order chi connectivity index (χ0) is 11.2. The maximum Gasteiger partial charge on any atom is 0.0705 e. The molecule has 0 atom stereocenters. The third-order valence-corrected chi connectivity index (χ3v) is 2.79. The number of aryl methyl sites for hydroxylation is 1. The largest absolute Gasteiger partial charge is 0.330 e. The summed E-state index contributed by atoms with van der Waals surface area (Å²) in [6.45, 7) is 0.797. The molecule has 0 saturated carbocycles. The van der Waals surface area contributed by atoms with Crippen LogP contribution < -0.4 is 5.73 Å². The summed E-state index contributed by atoms with van der Waals surface area (Å²) in [7, 11) is 0. The van der Waals surface area contributed by atoms with Gasteiger partial charge in [0.15, 0.2) is 0 Å². The number of hydrogen-bond acceptors (Lipinski definition) is 2. The summed E-state index contributed by atoms with van der Waals surface area (Å²) in [5, 5.41) is 1.22. The average molecular weight is 214 g/mol. The van der Waals surface area contributed by atoms with Crippen LogP contribution in [0.5, 0.6) is 0 Å². The number of benzene rings is 1. The van der Waals surface area contributed by atoms with Gasteiger partial charge in [0, 0.05) is 11.1 Å². The maximum absolute atomic E-state index is 5.47. The second-order valence-corrected chi connectivity index (χ2v) is 4.09. The van der Waals surface area contributed by atoms with Gasteiger partial charge in [0.1, 0.15) is 0 Å². The van der Waals surface area contributed by atoms with Crippen molar-refractivity contribution in [2.75, 3.05) is 6.54 Å². The molecule has 0 fully saturated rings. The zero-order valence-electron chi connectivity index (χ0n) is 9.52. The van der Waals surface area contributed by atoms with Gasteiger partial charge in [-0.2, -0.15) is 0 Å². The van der Waals surface area contributed by atoms with Crippen molar-refractivity contribution in [2.24, 2.45) is 5.73 Å². The third-order valence-electron chi connectivity index (χ3n) is 2.79. The van der Waals surface area contributed by atoms with E-state index in [-0.39, 0.29) is 0 Å². The highest BCUT2D eigenvalue weighted by molar-refractivity contribution is 5.78. The van der Waals surface area contributed by atoms with Crippen LogP contribution in [0.3, 0.4) is 0 Å². The molecule has 2 heteroatoms. The molecule has 1 aromatic carbocycles. The molecule has 0 amide bonds. The van der Waals surface area contributed by atoms with Gasteiger partial charge >= 0.3 is 0 Å². The van der Waals surface area contributed by atoms with Gasteiger partial charge < -0.3 is 5.73 Å². The Morgan fingerprint density at radius 3 is 2.69 bits per heavy atom. The molecule has 0 radical (unpaired) electrons. The molecule has 0 unspecified atom stereocenters. The fourth-order valence-corrected chi connectivity index (χ4v) is 1.87. The highest BCUT2D eigenvalue weighted by Crippen LogP contribution is 2.13. The summed E-state index contributed by atoms with van der Waals surface area (Å²) in [5.41, 5.74) is 7.75. The van der Waals surface area contributed by atoms with E-state index in [4.69, 9.17) is 5.73 Å². The van der Waals surface area contributed by atoms with Crippen LogP contribution in [-0.4, -0.2) is 11.5 Å². The molecular formula is C14H18N2. The molecule has 2 aromatic rings. The van der Waals surface area contributed by atoms with Gasteiger partial charge in [0.2, 0.25) is 0 Å². The fraction of sp³-hybridized carbons (Fsp3) is 0.357. The number of nitrogens with zero attached hydrogens (tertiary/aromatic N) is 1. The summed E-state index contributed by atoms with van der Waals surface area (Å²) in [4.78, 5) is 4.64. The normalized spacial score (nSPS) is 10.8. The minimum Gasteiger partial charge on any atom is -0.330 e. The zero-order valence-corrected chi connectivity index (χ0v) is 9.52. The van der Waals surface area contributed by atoms with Crippen LogP contribution in [-0.2, 0) is 6.42 Å². The highest BCUT2D eigenvalue weighted by Gasteiger charge is 1.97. The van der Waals surface area contributed by atoms with Gasteiger partial charge in [-0.15, -0.1) is 0 Å². The van der Waals surface area contributed by atoms with Gasteiger partial charge in [-0.1, -0.05) is 30.7 Å². The Morgan fingerprint density at radius 2 is 1.81 bits per heavy atom. The quantitative estimate of drug-likeness (QED) is 0.777. The first-order valence-electron chi connectivity index (χ1n) is 5.95. The topological polar surface area (TPSA) is 38.9 Å². The van der Waals surface area contributed by atoms with Crippen LogP contribution >= 0.6 is 0 Å². The Hall–Kier alpha value is -1.41. The summed E-state index contributed by atoms with van der Waals surface area (Å²) >= 11 is 0. The fourth-order valence-electron chi connectivity index (χ4n) is 1.87. The van der Waals surface area contributed by atoms with Crippen molar-refractivity contribution < 1.29 is 0 Å². The number of aromatic nitrogens is 1. The summed E-state index contributed by atoms with van der Waals surface area (Å²) < 4.78 is 0. The molecule has 0 bridgehead atoms. The average Bonchev–Trinajstić information content (AvgIpc) is 2.34. The van der Waals surface area contributed by atoms with Crippen LogP contribution in [0.15, 0.2) is 36.4 Å². The Bertz CT molecular complexity index is 451. The van der Waals surface area contributed by atoms with Crippen molar-refractivity contribution in [2.45, 2.75) is 25.7 Å². The van der Waals surface area contributed by atoms with Crippen LogP contribution in [0.2, 0.25) is 0 Å². The standard InChI is InChI=1S/C14H18N2/c15-11-5-1-2-7-13-10-9-12-6-3-4-8-14(12)16-13/h3-4,6,8-10H,1-2,5,7,11,15H2. The maximum atomic E-state index is 5.47. The lowest BCUT2D eigenvalue weighted by Crippen LogP contribution is -1.98. The predicted octanol–water partition coefficient (Wildman–Crippen LogP) is 2.91. The molecule has 2 rings (SSSR count). The van der Waals surface area contributed by atoms with E-state index >= 15 is 0 Å². The smallest absolute Gasteiger partial charge is 0.0705 e. The minimum absolute atomic E-state index is 0.797. The highest BCUT2D eigenvalue weighted by atomic mass is 14.7. The molecule has 1 aromatic heterocycles. The SMILES string of the molecule is NCCCCCc1ccc2ccccc2n1. The number of unbranched alkanes of at least 4 members (excludes halogenated alkanes) is 2. The molecule has 84 valence electrons. The van der Waals surface area contributed by atoms with E-state index in [2.05, 4.69) is 29.2 Å². The van der Waals surface area contributed by atoms with Crippen LogP contribution in [0.4, 0.5) is 0 Å². The molecular weight excluding hydrogens is 196 g/mol. The minimum atomic E-state index is 0.797. The molecule has 0 aliphatic carbocycles. The second kappa shape index (κ2) is 5.61. The molecule has 0 aliphatic rings. The lowest BCUT2D eigenvalue weighted by atomic mass is 10.1. The number of para-hydroxylation sites is 1. The molecule has 1 heterocycles. The van der Waals surface area contributed by atoms with Crippen molar-refractivity contribution in [1.29, 1.82) is 0 Å². The van der Waals surface area contributed by atoms with Crippen LogP contribution in [0.1, 0.15) is 25.0 Å². The first-order valence-corrected chi connectivity index (χ1v) is 5.95. The van der Waals surface area contributed by atoms with Crippen molar-refractivity contribution in [3.05, 3.63) is 42.1 Å². The Balaban J connectivity index is 2.02. The van der Waals surface area contributed by atoms with Gasteiger partial charge in [0.25, 0.3) is 0 Å². The molecule has 2 N–H and O–H groups in total.